The number of nitrogens with one attached hydrogen (secondary N) is 1. The van der Waals surface area contributed by atoms with Crippen molar-refractivity contribution in [2.45, 2.75) is 83.0 Å². The van der Waals surface area contributed by atoms with Crippen molar-refractivity contribution in [1.29, 1.82) is 0 Å². The second-order valence-corrected chi connectivity index (χ2v) is 10.00. The molecule has 0 spiro atoms. The van der Waals surface area contributed by atoms with Crippen molar-refractivity contribution in [3.63, 3.8) is 0 Å². The van der Waals surface area contributed by atoms with Crippen molar-refractivity contribution in [2.75, 3.05) is 0 Å². The van der Waals surface area contributed by atoms with Crippen LogP contribution in [0.25, 0.3) is 0 Å². The molecule has 1 heterocycles. The Hall–Kier alpha value is -1.98. The van der Waals surface area contributed by atoms with Crippen LogP contribution in [0.4, 0.5) is 0 Å². The smallest absolute Gasteiger partial charge is 0.220 e. The van der Waals surface area contributed by atoms with Crippen LogP contribution in [0.2, 0.25) is 0 Å². The quantitative estimate of drug-likeness (QED) is 0.376. The SMILES string of the molecule is O=C(CCCCC1=C[C@H]2C[C@@H](O)[C@H](C=C[C@@H](O)C3CCCC3)[C@H]2C1)NCc1ccncc1. The highest BCUT2D eigenvalue weighted by molar-refractivity contribution is 5.75. The summed E-state index contributed by atoms with van der Waals surface area (Å²) in [6.45, 7) is 0.558. The average Bonchev–Trinajstić information content (AvgIpc) is 3.52. The number of fused-ring (bicyclic) bond motifs is 1. The molecule has 0 bridgehead atoms. The molecule has 1 aromatic rings. The normalized spacial score (nSPS) is 28.8. The van der Waals surface area contributed by atoms with Crippen LogP contribution >= 0.6 is 0 Å². The van der Waals surface area contributed by atoms with E-state index in [1.807, 2.05) is 18.2 Å². The highest BCUT2D eigenvalue weighted by Gasteiger charge is 2.43. The van der Waals surface area contributed by atoms with Gasteiger partial charge in [0.15, 0.2) is 0 Å². The summed E-state index contributed by atoms with van der Waals surface area (Å²) in [7, 11) is 0. The van der Waals surface area contributed by atoms with Crippen LogP contribution < -0.4 is 5.32 Å². The van der Waals surface area contributed by atoms with Gasteiger partial charge in [-0.3, -0.25) is 9.78 Å². The van der Waals surface area contributed by atoms with Gasteiger partial charge in [0, 0.05) is 31.3 Å². The molecule has 0 saturated heterocycles. The lowest BCUT2D eigenvalue weighted by molar-refractivity contribution is -0.121. The van der Waals surface area contributed by atoms with Crippen LogP contribution in [0.1, 0.15) is 69.8 Å². The number of hydrogen-bond donors (Lipinski definition) is 3. The minimum Gasteiger partial charge on any atom is -0.392 e. The molecule has 2 fully saturated rings. The molecule has 0 aromatic carbocycles. The number of carbonyl (C=O) groups excluding carboxylic acids is 1. The number of aliphatic hydroxyl groups is 2. The Morgan fingerprint density at radius 2 is 2.00 bits per heavy atom. The summed E-state index contributed by atoms with van der Waals surface area (Å²) in [4.78, 5) is 16.1. The molecule has 2 saturated carbocycles. The molecule has 3 aliphatic carbocycles. The van der Waals surface area contributed by atoms with Crippen molar-refractivity contribution in [3.8, 4) is 0 Å². The zero-order chi connectivity index (χ0) is 22.3. The van der Waals surface area contributed by atoms with Gasteiger partial charge in [0.2, 0.25) is 5.91 Å². The molecule has 32 heavy (non-hydrogen) atoms. The summed E-state index contributed by atoms with van der Waals surface area (Å²) < 4.78 is 0. The van der Waals surface area contributed by atoms with Gasteiger partial charge in [-0.25, -0.2) is 0 Å². The molecule has 3 N–H and O–H groups in total. The second-order valence-electron chi connectivity index (χ2n) is 10.00. The Bertz CT molecular complexity index is 800. The van der Waals surface area contributed by atoms with Crippen LogP contribution in [-0.4, -0.2) is 33.3 Å². The summed E-state index contributed by atoms with van der Waals surface area (Å²) in [6, 6.07) is 3.83. The van der Waals surface area contributed by atoms with Gasteiger partial charge in [-0.15, -0.1) is 0 Å². The molecule has 5 heteroatoms. The maximum Gasteiger partial charge on any atom is 0.220 e. The van der Waals surface area contributed by atoms with E-state index in [-0.39, 0.29) is 24.0 Å². The second kappa shape index (κ2) is 11.2. The van der Waals surface area contributed by atoms with Crippen molar-refractivity contribution >= 4 is 5.91 Å². The van der Waals surface area contributed by atoms with Crippen LogP contribution in [0, 0.1) is 23.7 Å². The van der Waals surface area contributed by atoms with Crippen LogP contribution in [0.15, 0.2) is 48.3 Å². The van der Waals surface area contributed by atoms with Crippen LogP contribution in [-0.2, 0) is 11.3 Å². The first kappa shape index (κ1) is 23.2. The minimum absolute atomic E-state index is 0.105. The number of aromatic nitrogens is 1. The van der Waals surface area contributed by atoms with Gasteiger partial charge in [-0.05, 0) is 80.4 Å². The van der Waals surface area contributed by atoms with Gasteiger partial charge in [-0.2, -0.15) is 0 Å². The molecule has 174 valence electrons. The van der Waals surface area contributed by atoms with Crippen molar-refractivity contribution < 1.29 is 15.0 Å². The fourth-order valence-corrected chi connectivity index (χ4v) is 5.92. The lowest BCUT2D eigenvalue weighted by Crippen LogP contribution is -2.22. The van der Waals surface area contributed by atoms with Gasteiger partial charge < -0.3 is 15.5 Å². The van der Waals surface area contributed by atoms with E-state index in [1.54, 1.807) is 12.4 Å². The number of carbonyl (C=O) groups is 1. The molecule has 4 rings (SSSR count). The van der Waals surface area contributed by atoms with Crippen molar-refractivity contribution in [1.82, 2.24) is 10.3 Å². The maximum absolute atomic E-state index is 12.1. The number of aliphatic hydroxyl groups excluding tert-OH is 2. The van der Waals surface area contributed by atoms with Crippen molar-refractivity contribution in [3.05, 3.63) is 53.9 Å². The molecule has 0 aliphatic heterocycles. The number of nitrogens with zero attached hydrogens (tertiary/aromatic N) is 1. The molecule has 0 radical (unpaired) electrons. The summed E-state index contributed by atoms with van der Waals surface area (Å²) in [5.41, 5.74) is 2.55. The molecule has 3 aliphatic rings. The molecule has 1 aromatic heterocycles. The number of amides is 1. The highest BCUT2D eigenvalue weighted by Crippen LogP contribution is 2.48. The third-order valence-electron chi connectivity index (χ3n) is 7.75. The third-order valence-corrected chi connectivity index (χ3v) is 7.75. The van der Waals surface area contributed by atoms with E-state index >= 15 is 0 Å². The van der Waals surface area contributed by atoms with E-state index in [2.05, 4.69) is 22.5 Å². The molecule has 5 nitrogen and oxygen atoms in total. The van der Waals surface area contributed by atoms with Gasteiger partial charge in [0.05, 0.1) is 12.2 Å². The highest BCUT2D eigenvalue weighted by atomic mass is 16.3. The number of pyridine rings is 1. The van der Waals surface area contributed by atoms with E-state index in [0.717, 1.165) is 50.5 Å². The van der Waals surface area contributed by atoms with Gasteiger partial charge in [0.25, 0.3) is 0 Å². The van der Waals surface area contributed by atoms with E-state index in [4.69, 9.17) is 0 Å². The third kappa shape index (κ3) is 6.08. The van der Waals surface area contributed by atoms with E-state index in [9.17, 15) is 15.0 Å². The minimum atomic E-state index is -0.359. The Balaban J connectivity index is 1.16. The summed E-state index contributed by atoms with van der Waals surface area (Å²) in [5, 5.41) is 24.0. The topological polar surface area (TPSA) is 82.5 Å². The Morgan fingerprint density at radius 3 is 2.78 bits per heavy atom. The molecule has 0 unspecified atom stereocenters. The van der Waals surface area contributed by atoms with Gasteiger partial charge in [0.1, 0.15) is 0 Å². The zero-order valence-electron chi connectivity index (χ0n) is 19.0. The molecule has 1 amide bonds. The lowest BCUT2D eigenvalue weighted by atomic mass is 9.88. The predicted molar refractivity (Wildman–Crippen MR) is 125 cm³/mol. The summed E-state index contributed by atoms with van der Waals surface area (Å²) >= 11 is 0. The van der Waals surface area contributed by atoms with Gasteiger partial charge >= 0.3 is 0 Å². The van der Waals surface area contributed by atoms with Gasteiger partial charge in [-0.1, -0.05) is 36.6 Å². The lowest BCUT2D eigenvalue weighted by Gasteiger charge is -2.20. The number of rotatable bonds is 10. The maximum atomic E-state index is 12.1. The number of hydrogen-bond acceptors (Lipinski definition) is 4. The molecule has 5 atom stereocenters. The fourth-order valence-electron chi connectivity index (χ4n) is 5.92. The fraction of sp³-hybridized carbons (Fsp3) is 0.630. The first-order valence-corrected chi connectivity index (χ1v) is 12.5. The molecular weight excluding hydrogens is 400 g/mol. The predicted octanol–water partition coefficient (Wildman–Crippen LogP) is 4.31. The largest absolute Gasteiger partial charge is 0.392 e. The zero-order valence-corrected chi connectivity index (χ0v) is 19.0. The Morgan fingerprint density at radius 1 is 1.22 bits per heavy atom. The number of allylic oxidation sites excluding steroid dienone is 2. The van der Waals surface area contributed by atoms with E-state index in [1.165, 1.54) is 18.4 Å². The van der Waals surface area contributed by atoms with E-state index in [0.29, 0.717) is 30.7 Å². The first-order valence-electron chi connectivity index (χ1n) is 12.5. The first-order chi connectivity index (χ1) is 15.6. The number of unbranched alkanes of at least 4 members (excludes halogenated alkanes) is 1. The Labute approximate surface area is 192 Å². The van der Waals surface area contributed by atoms with E-state index < -0.39 is 0 Å². The summed E-state index contributed by atoms with van der Waals surface area (Å²) in [5.74, 6) is 1.59. The summed E-state index contributed by atoms with van der Waals surface area (Å²) in [6.07, 6.45) is 19.4. The average molecular weight is 439 g/mol. The Kier molecular flexibility index (Phi) is 8.15. The van der Waals surface area contributed by atoms with Crippen LogP contribution in [0.3, 0.4) is 0 Å². The van der Waals surface area contributed by atoms with Crippen LogP contribution in [0.5, 0.6) is 0 Å². The monoisotopic (exact) mass is 438 g/mol. The standard InChI is InChI=1S/C27H38N2O3/c30-25(21-6-2-3-7-21)10-9-23-24-16-20(15-22(24)17-26(23)31)5-1-4-8-27(32)29-18-19-11-13-28-14-12-19/h9-15,21-26,30-31H,1-8,16-18H2,(H,29,32)/t22-,23+,24-,25+,26+/m0/s1. The van der Waals surface area contributed by atoms with Crippen molar-refractivity contribution in [2.24, 2.45) is 23.7 Å². The molecular formula is C27H38N2O3.